The number of fused-ring (bicyclic) bond motifs is 1. The van der Waals surface area contributed by atoms with E-state index >= 15 is 0 Å². The highest BCUT2D eigenvalue weighted by Gasteiger charge is 2.09. The van der Waals surface area contributed by atoms with E-state index in [1.807, 2.05) is 25.1 Å². The van der Waals surface area contributed by atoms with E-state index in [0.29, 0.717) is 6.42 Å². The molecule has 1 aromatic carbocycles. The fourth-order valence-corrected chi connectivity index (χ4v) is 2.04. The number of amides is 1. The second-order valence-corrected chi connectivity index (χ2v) is 4.38. The summed E-state index contributed by atoms with van der Waals surface area (Å²) in [6, 6.07) is 8.01. The van der Waals surface area contributed by atoms with Crippen molar-refractivity contribution < 1.29 is 9.21 Å². The number of nitrogens with one attached hydrogen (secondary N) is 1. The van der Waals surface area contributed by atoms with Crippen molar-refractivity contribution in [3.63, 3.8) is 0 Å². The average Bonchev–Trinajstić information content (AvgIpc) is 2.65. The van der Waals surface area contributed by atoms with Crippen LogP contribution >= 0.6 is 0 Å². The first-order valence-electron chi connectivity index (χ1n) is 6.14. The van der Waals surface area contributed by atoms with Crippen molar-refractivity contribution in [2.24, 2.45) is 5.73 Å². The molecule has 0 fully saturated rings. The first-order chi connectivity index (χ1) is 8.68. The topological polar surface area (TPSA) is 68.3 Å². The van der Waals surface area contributed by atoms with Crippen LogP contribution in [0, 0.1) is 6.92 Å². The number of nitrogens with two attached hydrogens (primary N) is 1. The van der Waals surface area contributed by atoms with E-state index in [1.54, 1.807) is 0 Å². The van der Waals surface area contributed by atoms with Crippen LogP contribution in [0.1, 0.15) is 24.2 Å². The van der Waals surface area contributed by atoms with Gasteiger partial charge in [-0.2, -0.15) is 0 Å². The summed E-state index contributed by atoms with van der Waals surface area (Å²) >= 11 is 0. The van der Waals surface area contributed by atoms with Gasteiger partial charge in [0.1, 0.15) is 11.3 Å². The van der Waals surface area contributed by atoms with Crippen molar-refractivity contribution in [3.05, 3.63) is 35.6 Å². The molecule has 0 atom stereocenters. The molecule has 96 valence electrons. The molecule has 4 heteroatoms. The van der Waals surface area contributed by atoms with E-state index < -0.39 is 0 Å². The molecule has 2 aromatic rings. The Morgan fingerprint density at radius 3 is 2.94 bits per heavy atom. The van der Waals surface area contributed by atoms with Crippen LogP contribution in [0.4, 0.5) is 0 Å². The Kier molecular flexibility index (Phi) is 3.99. The largest absolute Gasteiger partial charge is 0.461 e. The maximum absolute atomic E-state index is 10.6. The first kappa shape index (κ1) is 12.6. The van der Waals surface area contributed by atoms with Gasteiger partial charge in [0, 0.05) is 23.9 Å². The van der Waals surface area contributed by atoms with Crippen LogP contribution in [0.15, 0.2) is 28.7 Å². The summed E-state index contributed by atoms with van der Waals surface area (Å²) in [7, 11) is 0. The normalized spacial score (nSPS) is 10.9. The van der Waals surface area contributed by atoms with E-state index in [2.05, 4.69) is 11.4 Å². The maximum Gasteiger partial charge on any atom is 0.217 e. The Hall–Kier alpha value is -1.81. The Labute approximate surface area is 106 Å². The van der Waals surface area contributed by atoms with Crippen LogP contribution in [0.5, 0.6) is 0 Å². The summed E-state index contributed by atoms with van der Waals surface area (Å²) in [6.45, 7) is 3.50. The molecule has 4 nitrogen and oxygen atoms in total. The number of para-hydroxylation sites is 1. The molecule has 0 bridgehead atoms. The Morgan fingerprint density at radius 1 is 1.39 bits per heavy atom. The Bertz CT molecular complexity index is 546. The molecular formula is C14H18N2O2. The van der Waals surface area contributed by atoms with Gasteiger partial charge in [0.15, 0.2) is 0 Å². The van der Waals surface area contributed by atoms with Gasteiger partial charge in [0.05, 0.1) is 0 Å². The molecule has 0 aliphatic rings. The summed E-state index contributed by atoms with van der Waals surface area (Å²) in [5.74, 6) is 0.695. The van der Waals surface area contributed by atoms with Crippen molar-refractivity contribution >= 4 is 16.9 Å². The molecule has 0 spiro atoms. The van der Waals surface area contributed by atoms with Crippen molar-refractivity contribution in [2.75, 3.05) is 6.54 Å². The minimum absolute atomic E-state index is 0.248. The average molecular weight is 246 g/mol. The standard InChI is InChI=1S/C14H18N2O2/c1-10-12(9-16-8-4-7-14(15)17)11-5-2-3-6-13(11)18-10/h2-3,5-6,16H,4,7-9H2,1H3,(H2,15,17). The first-order valence-corrected chi connectivity index (χ1v) is 6.14. The number of furan rings is 1. The molecular weight excluding hydrogens is 228 g/mol. The number of rotatable bonds is 6. The van der Waals surface area contributed by atoms with Crippen molar-refractivity contribution in [1.29, 1.82) is 0 Å². The van der Waals surface area contributed by atoms with Crippen molar-refractivity contribution in [1.82, 2.24) is 5.32 Å². The van der Waals surface area contributed by atoms with Crippen LogP contribution < -0.4 is 11.1 Å². The fourth-order valence-electron chi connectivity index (χ4n) is 2.04. The number of primary amides is 1. The minimum Gasteiger partial charge on any atom is -0.461 e. The summed E-state index contributed by atoms with van der Waals surface area (Å²) < 4.78 is 5.68. The summed E-state index contributed by atoms with van der Waals surface area (Å²) in [5.41, 5.74) is 7.19. The Morgan fingerprint density at radius 2 is 2.17 bits per heavy atom. The molecule has 0 aliphatic heterocycles. The van der Waals surface area contributed by atoms with E-state index in [9.17, 15) is 4.79 Å². The summed E-state index contributed by atoms with van der Waals surface area (Å²) in [6.07, 6.45) is 1.20. The number of benzene rings is 1. The SMILES string of the molecule is Cc1oc2ccccc2c1CNCCCC(N)=O. The molecule has 0 saturated carbocycles. The van der Waals surface area contributed by atoms with Gasteiger partial charge >= 0.3 is 0 Å². The predicted octanol–water partition coefficient (Wildman–Crippen LogP) is 2.10. The van der Waals surface area contributed by atoms with Gasteiger partial charge in [-0.25, -0.2) is 0 Å². The second-order valence-electron chi connectivity index (χ2n) is 4.38. The molecule has 18 heavy (non-hydrogen) atoms. The van der Waals surface area contributed by atoms with Gasteiger partial charge in [0.25, 0.3) is 0 Å². The van der Waals surface area contributed by atoms with Crippen LogP contribution in [0.2, 0.25) is 0 Å². The van der Waals surface area contributed by atoms with Crippen LogP contribution in [0.25, 0.3) is 11.0 Å². The molecule has 3 N–H and O–H groups in total. The quantitative estimate of drug-likeness (QED) is 0.767. The van der Waals surface area contributed by atoms with Crippen LogP contribution in [-0.2, 0) is 11.3 Å². The number of hydrogen-bond acceptors (Lipinski definition) is 3. The van der Waals surface area contributed by atoms with Crippen molar-refractivity contribution in [2.45, 2.75) is 26.3 Å². The van der Waals surface area contributed by atoms with E-state index in [0.717, 1.165) is 36.2 Å². The predicted molar refractivity (Wildman–Crippen MR) is 71.1 cm³/mol. The lowest BCUT2D eigenvalue weighted by Crippen LogP contribution is -2.18. The third-order valence-corrected chi connectivity index (χ3v) is 2.98. The third-order valence-electron chi connectivity index (χ3n) is 2.98. The fraction of sp³-hybridized carbons (Fsp3) is 0.357. The minimum atomic E-state index is -0.248. The number of carbonyl (C=O) groups excluding carboxylic acids is 1. The highest BCUT2D eigenvalue weighted by molar-refractivity contribution is 5.82. The maximum atomic E-state index is 10.6. The van der Waals surface area contributed by atoms with Gasteiger partial charge in [-0.3, -0.25) is 4.79 Å². The zero-order valence-electron chi connectivity index (χ0n) is 10.5. The molecule has 1 heterocycles. The monoisotopic (exact) mass is 246 g/mol. The van der Waals surface area contributed by atoms with Crippen LogP contribution in [-0.4, -0.2) is 12.5 Å². The third kappa shape index (κ3) is 2.90. The van der Waals surface area contributed by atoms with Crippen molar-refractivity contribution in [3.8, 4) is 0 Å². The lowest BCUT2D eigenvalue weighted by molar-refractivity contribution is -0.118. The molecule has 0 aliphatic carbocycles. The van der Waals surface area contributed by atoms with Gasteiger partial charge in [-0.1, -0.05) is 18.2 Å². The molecule has 1 aromatic heterocycles. The summed E-state index contributed by atoms with van der Waals surface area (Å²) in [4.78, 5) is 10.6. The zero-order chi connectivity index (χ0) is 13.0. The highest BCUT2D eigenvalue weighted by atomic mass is 16.3. The number of carbonyl (C=O) groups is 1. The highest BCUT2D eigenvalue weighted by Crippen LogP contribution is 2.24. The molecule has 0 unspecified atom stereocenters. The van der Waals surface area contributed by atoms with Gasteiger partial charge in [-0.15, -0.1) is 0 Å². The van der Waals surface area contributed by atoms with Gasteiger partial charge in [-0.05, 0) is 26.0 Å². The number of hydrogen-bond donors (Lipinski definition) is 2. The smallest absolute Gasteiger partial charge is 0.217 e. The van der Waals surface area contributed by atoms with E-state index in [-0.39, 0.29) is 5.91 Å². The Balaban J connectivity index is 1.95. The van der Waals surface area contributed by atoms with E-state index in [1.165, 1.54) is 5.56 Å². The molecule has 1 amide bonds. The molecule has 0 saturated heterocycles. The number of aryl methyl sites for hydroxylation is 1. The van der Waals surface area contributed by atoms with Gasteiger partial charge in [0.2, 0.25) is 5.91 Å². The zero-order valence-corrected chi connectivity index (χ0v) is 10.5. The lowest BCUT2D eigenvalue weighted by Gasteiger charge is -2.03. The molecule has 2 rings (SSSR count). The van der Waals surface area contributed by atoms with Crippen LogP contribution in [0.3, 0.4) is 0 Å². The molecule has 0 radical (unpaired) electrons. The summed E-state index contributed by atoms with van der Waals surface area (Å²) in [5, 5.41) is 4.46. The van der Waals surface area contributed by atoms with Gasteiger partial charge < -0.3 is 15.5 Å². The second kappa shape index (κ2) is 5.69. The van der Waals surface area contributed by atoms with E-state index in [4.69, 9.17) is 10.2 Å². The lowest BCUT2D eigenvalue weighted by atomic mass is 10.1.